The Morgan fingerprint density at radius 1 is 1.12 bits per heavy atom. The number of para-hydroxylation sites is 2. The monoisotopic (exact) mass is 374 g/mol. The van der Waals surface area contributed by atoms with Crippen LogP contribution in [-0.4, -0.2) is 41.7 Å². The number of fused-ring (bicyclic) bond motifs is 1. The Hall–Kier alpha value is -2.65. The number of hydrogen-bond donors (Lipinski definition) is 2. The summed E-state index contributed by atoms with van der Waals surface area (Å²) in [5.41, 5.74) is 1.51. The molecule has 1 fully saturated rings. The van der Waals surface area contributed by atoms with E-state index >= 15 is 0 Å². The standard InChI is InChI=1S/C17H18N4O4S/c22-16(20-17-18-12-6-2-3-7-13(12)19-17)14-8-9-15(25-14)26(23,24)21-10-4-1-5-11-21/h2-3,6-9H,1,4-5,10-11H2,(H2,18,19,20,22). The summed E-state index contributed by atoms with van der Waals surface area (Å²) in [5, 5.41) is 2.37. The number of piperidine rings is 1. The summed E-state index contributed by atoms with van der Waals surface area (Å²) >= 11 is 0. The van der Waals surface area contributed by atoms with E-state index < -0.39 is 15.9 Å². The molecule has 0 bridgehead atoms. The van der Waals surface area contributed by atoms with Gasteiger partial charge in [-0.1, -0.05) is 18.6 Å². The molecule has 0 aliphatic carbocycles. The number of nitrogens with one attached hydrogen (secondary N) is 2. The van der Waals surface area contributed by atoms with Gasteiger partial charge in [-0.05, 0) is 37.1 Å². The van der Waals surface area contributed by atoms with E-state index in [1.54, 1.807) is 0 Å². The number of rotatable bonds is 4. The molecule has 1 aliphatic rings. The van der Waals surface area contributed by atoms with Gasteiger partial charge in [0.15, 0.2) is 5.76 Å². The molecule has 1 aromatic carbocycles. The maximum absolute atomic E-state index is 12.6. The van der Waals surface area contributed by atoms with E-state index in [0.29, 0.717) is 13.1 Å². The third-order valence-electron chi connectivity index (χ3n) is 4.34. The number of anilines is 1. The molecule has 9 heteroatoms. The predicted molar refractivity (Wildman–Crippen MR) is 95.4 cm³/mol. The minimum Gasteiger partial charge on any atom is -0.438 e. The highest BCUT2D eigenvalue weighted by atomic mass is 32.2. The van der Waals surface area contributed by atoms with Gasteiger partial charge in [0.05, 0.1) is 11.0 Å². The zero-order chi connectivity index (χ0) is 18.1. The Balaban J connectivity index is 1.52. The molecule has 3 aromatic rings. The highest BCUT2D eigenvalue weighted by molar-refractivity contribution is 7.89. The molecule has 2 aromatic heterocycles. The van der Waals surface area contributed by atoms with Crippen molar-refractivity contribution in [1.82, 2.24) is 14.3 Å². The van der Waals surface area contributed by atoms with Gasteiger partial charge in [-0.2, -0.15) is 4.31 Å². The van der Waals surface area contributed by atoms with Crippen LogP contribution < -0.4 is 5.32 Å². The Labute approximate surface area is 150 Å². The minimum absolute atomic E-state index is 0.0824. The van der Waals surface area contributed by atoms with Gasteiger partial charge >= 0.3 is 0 Å². The van der Waals surface area contributed by atoms with Crippen LogP contribution in [0.3, 0.4) is 0 Å². The molecule has 1 aliphatic heterocycles. The second kappa shape index (κ2) is 6.58. The van der Waals surface area contributed by atoms with Crippen molar-refractivity contribution in [3.05, 3.63) is 42.2 Å². The summed E-state index contributed by atoms with van der Waals surface area (Å²) in [7, 11) is -3.70. The number of sulfonamides is 1. The Bertz CT molecular complexity index is 1010. The van der Waals surface area contributed by atoms with Crippen LogP contribution in [0.15, 0.2) is 45.9 Å². The van der Waals surface area contributed by atoms with E-state index in [1.807, 2.05) is 24.3 Å². The summed E-state index contributed by atoms with van der Waals surface area (Å²) < 4.78 is 31.9. The first-order chi connectivity index (χ1) is 12.5. The molecule has 0 spiro atoms. The number of carbonyl (C=O) groups is 1. The molecule has 1 saturated heterocycles. The molecule has 2 N–H and O–H groups in total. The number of hydrogen-bond acceptors (Lipinski definition) is 5. The molecule has 0 atom stereocenters. The van der Waals surface area contributed by atoms with E-state index in [0.717, 1.165) is 30.3 Å². The number of amides is 1. The molecular weight excluding hydrogens is 356 g/mol. The average Bonchev–Trinajstić information content (AvgIpc) is 3.29. The first-order valence-electron chi connectivity index (χ1n) is 8.40. The lowest BCUT2D eigenvalue weighted by Gasteiger charge is -2.24. The van der Waals surface area contributed by atoms with Crippen molar-refractivity contribution < 1.29 is 17.6 Å². The molecule has 4 rings (SSSR count). The lowest BCUT2D eigenvalue weighted by molar-refractivity contribution is 0.0990. The summed E-state index contributed by atoms with van der Waals surface area (Å²) in [4.78, 5) is 19.6. The number of benzene rings is 1. The van der Waals surface area contributed by atoms with Crippen LogP contribution in [0, 0.1) is 0 Å². The van der Waals surface area contributed by atoms with Crippen LogP contribution in [0.25, 0.3) is 11.0 Å². The van der Waals surface area contributed by atoms with E-state index in [4.69, 9.17) is 4.42 Å². The van der Waals surface area contributed by atoms with E-state index in [9.17, 15) is 13.2 Å². The topological polar surface area (TPSA) is 108 Å². The fraction of sp³-hybridized carbons (Fsp3) is 0.294. The third kappa shape index (κ3) is 3.11. The van der Waals surface area contributed by atoms with Gasteiger partial charge in [0.2, 0.25) is 11.0 Å². The summed E-state index contributed by atoms with van der Waals surface area (Å²) in [5.74, 6) is -0.377. The zero-order valence-electron chi connectivity index (χ0n) is 13.9. The van der Waals surface area contributed by atoms with Gasteiger partial charge in [-0.15, -0.1) is 0 Å². The molecular formula is C17H18N4O4S. The second-order valence-electron chi connectivity index (χ2n) is 6.14. The van der Waals surface area contributed by atoms with Crippen LogP contribution in [0.2, 0.25) is 0 Å². The minimum atomic E-state index is -3.70. The van der Waals surface area contributed by atoms with Crippen LogP contribution in [0.5, 0.6) is 0 Å². The van der Waals surface area contributed by atoms with Gasteiger partial charge < -0.3 is 9.40 Å². The van der Waals surface area contributed by atoms with Crippen molar-refractivity contribution >= 4 is 32.9 Å². The number of imidazole rings is 1. The predicted octanol–water partition coefficient (Wildman–Crippen LogP) is 2.58. The number of aromatic amines is 1. The number of aromatic nitrogens is 2. The fourth-order valence-corrected chi connectivity index (χ4v) is 4.42. The summed E-state index contributed by atoms with van der Waals surface area (Å²) in [6, 6.07) is 10.0. The molecule has 0 radical (unpaired) electrons. The van der Waals surface area contributed by atoms with Crippen LogP contribution in [0.1, 0.15) is 29.8 Å². The van der Waals surface area contributed by atoms with Crippen molar-refractivity contribution in [2.45, 2.75) is 24.4 Å². The maximum atomic E-state index is 12.6. The maximum Gasteiger partial charge on any atom is 0.293 e. The number of H-pyrrole nitrogens is 1. The van der Waals surface area contributed by atoms with E-state index in [2.05, 4.69) is 15.3 Å². The molecule has 1 amide bonds. The Kier molecular flexibility index (Phi) is 4.25. The van der Waals surface area contributed by atoms with Crippen molar-refractivity contribution in [3.63, 3.8) is 0 Å². The smallest absolute Gasteiger partial charge is 0.293 e. The van der Waals surface area contributed by atoms with Crippen LogP contribution >= 0.6 is 0 Å². The quantitative estimate of drug-likeness (QED) is 0.730. The highest BCUT2D eigenvalue weighted by Gasteiger charge is 2.29. The average molecular weight is 374 g/mol. The van der Waals surface area contributed by atoms with Crippen molar-refractivity contribution in [3.8, 4) is 0 Å². The van der Waals surface area contributed by atoms with Crippen molar-refractivity contribution in [2.75, 3.05) is 18.4 Å². The number of furan rings is 1. The van der Waals surface area contributed by atoms with Crippen molar-refractivity contribution in [1.29, 1.82) is 0 Å². The lowest BCUT2D eigenvalue weighted by Crippen LogP contribution is -2.35. The second-order valence-corrected chi connectivity index (χ2v) is 8.01. The van der Waals surface area contributed by atoms with Gasteiger partial charge in [0.1, 0.15) is 0 Å². The Morgan fingerprint density at radius 2 is 1.88 bits per heavy atom. The highest BCUT2D eigenvalue weighted by Crippen LogP contribution is 2.23. The fourth-order valence-electron chi connectivity index (χ4n) is 2.99. The van der Waals surface area contributed by atoms with Crippen LogP contribution in [0.4, 0.5) is 5.95 Å². The molecule has 3 heterocycles. The summed E-state index contributed by atoms with van der Waals surface area (Å²) in [6.07, 6.45) is 2.69. The van der Waals surface area contributed by atoms with Gasteiger partial charge in [-0.25, -0.2) is 13.4 Å². The Morgan fingerprint density at radius 3 is 2.65 bits per heavy atom. The molecule has 0 saturated carbocycles. The molecule has 26 heavy (non-hydrogen) atoms. The van der Waals surface area contributed by atoms with Gasteiger partial charge in [0, 0.05) is 13.1 Å². The van der Waals surface area contributed by atoms with Crippen molar-refractivity contribution in [2.24, 2.45) is 0 Å². The van der Waals surface area contributed by atoms with Gasteiger partial charge in [-0.3, -0.25) is 10.1 Å². The third-order valence-corrected chi connectivity index (χ3v) is 6.11. The van der Waals surface area contributed by atoms with Crippen LogP contribution in [-0.2, 0) is 10.0 Å². The summed E-state index contributed by atoms with van der Waals surface area (Å²) in [6.45, 7) is 0.951. The zero-order valence-corrected chi connectivity index (χ0v) is 14.8. The first-order valence-corrected chi connectivity index (χ1v) is 9.84. The molecule has 8 nitrogen and oxygen atoms in total. The number of carbonyl (C=O) groups excluding carboxylic acids is 1. The largest absolute Gasteiger partial charge is 0.438 e. The first kappa shape index (κ1) is 16.8. The normalized spacial score (nSPS) is 16.0. The lowest BCUT2D eigenvalue weighted by atomic mass is 10.2. The molecule has 136 valence electrons. The van der Waals surface area contributed by atoms with Gasteiger partial charge in [0.25, 0.3) is 15.9 Å². The SMILES string of the molecule is O=C(Nc1nc2ccccc2[nH]1)c1ccc(S(=O)(=O)N2CCCCC2)o1. The molecule has 0 unspecified atom stereocenters. The van der Waals surface area contributed by atoms with E-state index in [-0.39, 0.29) is 16.8 Å². The number of nitrogens with zero attached hydrogens (tertiary/aromatic N) is 2. The van der Waals surface area contributed by atoms with E-state index in [1.165, 1.54) is 16.4 Å².